The van der Waals surface area contributed by atoms with Crippen molar-refractivity contribution in [2.45, 2.75) is 45.1 Å². The molecule has 1 fully saturated rings. The van der Waals surface area contributed by atoms with E-state index < -0.39 is 0 Å². The maximum atomic E-state index is 10.7. The molecule has 1 aromatic carbocycles. The minimum atomic E-state index is -0.344. The number of isocyanates is 1. The maximum absolute atomic E-state index is 10.7. The molecule has 0 saturated heterocycles. The molecule has 0 bridgehead atoms. The first kappa shape index (κ1) is 12.8. The molecule has 2 rings (SSSR count). The summed E-state index contributed by atoms with van der Waals surface area (Å²) in [5.74, 6) is 0.888. The van der Waals surface area contributed by atoms with Crippen LogP contribution in [-0.4, -0.2) is 13.2 Å². The number of nitrogens with zero attached hydrogens (tertiary/aromatic N) is 1. The second-order valence-electron chi connectivity index (χ2n) is 5.01. The Bertz CT molecular complexity index is 495. The molecule has 0 spiro atoms. The molecule has 0 heterocycles. The van der Waals surface area contributed by atoms with E-state index in [1.165, 1.54) is 5.56 Å². The number of rotatable bonds is 3. The van der Waals surface area contributed by atoms with E-state index in [0.717, 1.165) is 42.6 Å². The Balaban J connectivity index is 2.56. The van der Waals surface area contributed by atoms with E-state index in [9.17, 15) is 4.79 Å². The predicted octanol–water partition coefficient (Wildman–Crippen LogP) is 3.42. The van der Waals surface area contributed by atoms with Gasteiger partial charge in [0, 0.05) is 0 Å². The Morgan fingerprint density at radius 2 is 1.89 bits per heavy atom. The van der Waals surface area contributed by atoms with Gasteiger partial charge in [0.05, 0.1) is 12.6 Å². The average molecular weight is 245 g/mol. The summed E-state index contributed by atoms with van der Waals surface area (Å²) in [6, 6.07) is 4.02. The second kappa shape index (κ2) is 4.95. The minimum Gasteiger partial charge on any atom is -0.496 e. The van der Waals surface area contributed by atoms with Gasteiger partial charge >= 0.3 is 0 Å². The van der Waals surface area contributed by atoms with Crippen LogP contribution in [0.15, 0.2) is 17.1 Å². The van der Waals surface area contributed by atoms with Crippen LogP contribution in [0.25, 0.3) is 0 Å². The molecule has 0 atom stereocenters. The minimum absolute atomic E-state index is 0.344. The van der Waals surface area contributed by atoms with Crippen molar-refractivity contribution in [2.75, 3.05) is 7.11 Å². The summed E-state index contributed by atoms with van der Waals surface area (Å²) in [4.78, 5) is 14.9. The summed E-state index contributed by atoms with van der Waals surface area (Å²) in [6.45, 7) is 4.12. The number of aliphatic imine (C=N–C) groups is 1. The average Bonchev–Trinajstić information content (AvgIpc) is 2.82. The normalized spacial score (nSPS) is 17.3. The summed E-state index contributed by atoms with van der Waals surface area (Å²) in [5.41, 5.74) is 3.11. The van der Waals surface area contributed by atoms with Crippen molar-refractivity contribution < 1.29 is 9.53 Å². The lowest BCUT2D eigenvalue weighted by Gasteiger charge is -2.26. The molecule has 0 aliphatic heterocycles. The van der Waals surface area contributed by atoms with Crippen molar-refractivity contribution in [2.24, 2.45) is 4.99 Å². The quantitative estimate of drug-likeness (QED) is 0.604. The van der Waals surface area contributed by atoms with Crippen molar-refractivity contribution in [1.82, 2.24) is 0 Å². The van der Waals surface area contributed by atoms with Crippen LogP contribution in [0.4, 0.5) is 0 Å². The van der Waals surface area contributed by atoms with Gasteiger partial charge in [-0.3, -0.25) is 0 Å². The van der Waals surface area contributed by atoms with Crippen LogP contribution in [0.3, 0.4) is 0 Å². The zero-order valence-electron chi connectivity index (χ0n) is 11.2. The standard InChI is InChI=1S/C15H19NO2/c1-11-12(2)14(18-3)7-6-13(11)15(16-10-17)8-4-5-9-15/h6-7H,4-5,8-9H2,1-3H3. The number of ether oxygens (including phenoxy) is 1. The highest BCUT2D eigenvalue weighted by molar-refractivity contribution is 5.48. The van der Waals surface area contributed by atoms with E-state index in [-0.39, 0.29) is 5.54 Å². The summed E-state index contributed by atoms with van der Waals surface area (Å²) >= 11 is 0. The first-order valence-corrected chi connectivity index (χ1v) is 6.38. The van der Waals surface area contributed by atoms with Crippen LogP contribution in [0, 0.1) is 13.8 Å². The van der Waals surface area contributed by atoms with Crippen LogP contribution in [-0.2, 0) is 10.3 Å². The Kier molecular flexibility index (Phi) is 3.53. The Morgan fingerprint density at radius 1 is 1.22 bits per heavy atom. The van der Waals surface area contributed by atoms with Crippen molar-refractivity contribution >= 4 is 6.08 Å². The Morgan fingerprint density at radius 3 is 2.44 bits per heavy atom. The van der Waals surface area contributed by atoms with E-state index in [1.807, 2.05) is 19.1 Å². The molecule has 3 heteroatoms. The summed E-state index contributed by atoms with van der Waals surface area (Å²) in [7, 11) is 1.68. The van der Waals surface area contributed by atoms with Crippen molar-refractivity contribution in [3.05, 3.63) is 28.8 Å². The van der Waals surface area contributed by atoms with E-state index in [4.69, 9.17) is 4.74 Å². The third kappa shape index (κ3) is 1.95. The third-order valence-corrected chi connectivity index (χ3v) is 4.15. The number of hydrogen-bond donors (Lipinski definition) is 0. The molecule has 0 radical (unpaired) electrons. The fourth-order valence-electron chi connectivity index (χ4n) is 3.01. The van der Waals surface area contributed by atoms with Gasteiger partial charge in [0.1, 0.15) is 5.75 Å². The third-order valence-electron chi connectivity index (χ3n) is 4.15. The molecule has 3 nitrogen and oxygen atoms in total. The SMILES string of the molecule is COc1ccc(C2(N=C=O)CCCC2)c(C)c1C. The highest BCUT2D eigenvalue weighted by atomic mass is 16.5. The first-order chi connectivity index (χ1) is 8.64. The second-order valence-corrected chi connectivity index (χ2v) is 5.01. The van der Waals surface area contributed by atoms with Gasteiger partial charge in [-0.1, -0.05) is 18.9 Å². The molecule has 1 aliphatic rings. The molecule has 1 saturated carbocycles. The largest absolute Gasteiger partial charge is 0.496 e. The fourth-order valence-corrected chi connectivity index (χ4v) is 3.01. The van der Waals surface area contributed by atoms with E-state index in [2.05, 4.69) is 11.9 Å². The summed E-state index contributed by atoms with van der Waals surface area (Å²) in [5, 5.41) is 0. The Hall–Kier alpha value is -1.60. The smallest absolute Gasteiger partial charge is 0.235 e. The van der Waals surface area contributed by atoms with Crippen molar-refractivity contribution in [3.8, 4) is 5.75 Å². The molecule has 0 amide bonds. The van der Waals surface area contributed by atoms with Gasteiger partial charge in [0.25, 0.3) is 0 Å². The van der Waals surface area contributed by atoms with Gasteiger partial charge in [0.15, 0.2) is 0 Å². The van der Waals surface area contributed by atoms with Gasteiger partial charge in [-0.05, 0) is 49.4 Å². The highest BCUT2D eigenvalue weighted by Gasteiger charge is 2.37. The van der Waals surface area contributed by atoms with Crippen LogP contribution in [0.5, 0.6) is 5.75 Å². The van der Waals surface area contributed by atoms with E-state index >= 15 is 0 Å². The fraction of sp³-hybridized carbons (Fsp3) is 0.533. The summed E-state index contributed by atoms with van der Waals surface area (Å²) < 4.78 is 5.33. The van der Waals surface area contributed by atoms with Gasteiger partial charge in [-0.15, -0.1) is 0 Å². The van der Waals surface area contributed by atoms with Gasteiger partial charge in [-0.25, -0.2) is 4.79 Å². The lowest BCUT2D eigenvalue weighted by molar-refractivity contribution is 0.408. The number of carbonyl (C=O) groups excluding carboxylic acids is 1. The van der Waals surface area contributed by atoms with Crippen molar-refractivity contribution in [3.63, 3.8) is 0 Å². The molecule has 18 heavy (non-hydrogen) atoms. The van der Waals surface area contributed by atoms with Gasteiger partial charge in [0.2, 0.25) is 6.08 Å². The topological polar surface area (TPSA) is 38.7 Å². The number of hydrogen-bond acceptors (Lipinski definition) is 3. The van der Waals surface area contributed by atoms with Crippen LogP contribution in [0.1, 0.15) is 42.4 Å². The lowest BCUT2D eigenvalue weighted by atomic mass is 9.84. The molecule has 1 aromatic rings. The van der Waals surface area contributed by atoms with E-state index in [0.29, 0.717) is 0 Å². The van der Waals surface area contributed by atoms with Gasteiger partial charge in [-0.2, -0.15) is 4.99 Å². The highest BCUT2D eigenvalue weighted by Crippen LogP contribution is 2.44. The molecular formula is C15H19NO2. The molecular weight excluding hydrogens is 226 g/mol. The zero-order valence-corrected chi connectivity index (χ0v) is 11.2. The monoisotopic (exact) mass is 245 g/mol. The van der Waals surface area contributed by atoms with Crippen LogP contribution < -0.4 is 4.74 Å². The zero-order chi connectivity index (χ0) is 13.2. The number of methoxy groups -OCH3 is 1. The molecule has 1 aliphatic carbocycles. The van der Waals surface area contributed by atoms with Gasteiger partial charge < -0.3 is 4.74 Å². The molecule has 0 N–H and O–H groups in total. The maximum Gasteiger partial charge on any atom is 0.235 e. The Labute approximate surface area is 108 Å². The summed E-state index contributed by atoms with van der Waals surface area (Å²) in [6.07, 6.45) is 5.89. The van der Waals surface area contributed by atoms with Crippen LogP contribution in [0.2, 0.25) is 0 Å². The molecule has 96 valence electrons. The molecule has 0 unspecified atom stereocenters. The molecule has 0 aromatic heterocycles. The number of benzene rings is 1. The van der Waals surface area contributed by atoms with Crippen molar-refractivity contribution in [1.29, 1.82) is 0 Å². The van der Waals surface area contributed by atoms with Crippen LogP contribution >= 0.6 is 0 Å². The lowest BCUT2D eigenvalue weighted by Crippen LogP contribution is -2.20. The first-order valence-electron chi connectivity index (χ1n) is 6.38. The predicted molar refractivity (Wildman–Crippen MR) is 70.7 cm³/mol. The van der Waals surface area contributed by atoms with E-state index in [1.54, 1.807) is 13.2 Å².